The molecule has 3 nitrogen and oxygen atoms in total. The summed E-state index contributed by atoms with van der Waals surface area (Å²) < 4.78 is 0. The largest absolute Gasteiger partial charge is 0.358 e. The summed E-state index contributed by atoms with van der Waals surface area (Å²) in [7, 11) is 0. The smallest absolute Gasteiger partial charge is 0.230 e. The number of hydrogen-bond acceptors (Lipinski definition) is 1. The van der Waals surface area contributed by atoms with Gasteiger partial charge in [0.05, 0.1) is 0 Å². The van der Waals surface area contributed by atoms with Crippen molar-refractivity contribution < 1.29 is 4.79 Å². The quantitative estimate of drug-likeness (QED) is 0.745. The van der Waals surface area contributed by atoms with E-state index >= 15 is 0 Å². The number of aromatic nitrogens is 1. The maximum absolute atomic E-state index is 13.2. The second kappa shape index (κ2) is 6.40. The highest BCUT2D eigenvalue weighted by molar-refractivity contribution is 5.96. The molecule has 128 valence electrons. The van der Waals surface area contributed by atoms with Crippen molar-refractivity contribution in [1.82, 2.24) is 4.98 Å². The standard InChI is InChI=1S/C22H24N2O/c1-3-24(17-8-6-7-15(2)13-17)22(25)16-11-12-21-19(14-16)18-9-4-5-10-20(18)23-21/h4-10,13,16,23H,3,11-12,14H2,1-2H3. The van der Waals surface area contributed by atoms with Gasteiger partial charge in [0.15, 0.2) is 0 Å². The van der Waals surface area contributed by atoms with E-state index in [2.05, 4.69) is 55.2 Å². The van der Waals surface area contributed by atoms with Gasteiger partial charge in [-0.1, -0.05) is 30.3 Å². The number of H-pyrrole nitrogens is 1. The average Bonchev–Trinajstić information content (AvgIpc) is 3.00. The fourth-order valence-electron chi connectivity index (χ4n) is 4.06. The predicted octanol–water partition coefficient (Wildman–Crippen LogP) is 4.63. The van der Waals surface area contributed by atoms with Crippen molar-refractivity contribution >= 4 is 22.5 Å². The van der Waals surface area contributed by atoms with Gasteiger partial charge in [0.25, 0.3) is 0 Å². The Balaban J connectivity index is 1.63. The number of fused-ring (bicyclic) bond motifs is 3. The van der Waals surface area contributed by atoms with Crippen LogP contribution in [0, 0.1) is 12.8 Å². The first-order valence-corrected chi connectivity index (χ1v) is 9.14. The number of carbonyl (C=O) groups excluding carboxylic acids is 1. The third-order valence-electron chi connectivity index (χ3n) is 5.34. The van der Waals surface area contributed by atoms with Gasteiger partial charge in [0.2, 0.25) is 5.91 Å². The summed E-state index contributed by atoms with van der Waals surface area (Å²) in [6.45, 7) is 4.83. The van der Waals surface area contributed by atoms with Crippen LogP contribution in [0.2, 0.25) is 0 Å². The molecule has 0 aliphatic heterocycles. The molecular weight excluding hydrogens is 308 g/mol. The topological polar surface area (TPSA) is 36.1 Å². The maximum atomic E-state index is 13.2. The predicted molar refractivity (Wildman–Crippen MR) is 103 cm³/mol. The fraction of sp³-hybridized carbons (Fsp3) is 0.318. The van der Waals surface area contributed by atoms with Gasteiger partial charge in [-0.2, -0.15) is 0 Å². The van der Waals surface area contributed by atoms with E-state index < -0.39 is 0 Å². The molecule has 0 bridgehead atoms. The van der Waals surface area contributed by atoms with Gasteiger partial charge in [-0.25, -0.2) is 0 Å². The van der Waals surface area contributed by atoms with Crippen LogP contribution < -0.4 is 4.90 Å². The van der Waals surface area contributed by atoms with Crippen molar-refractivity contribution in [2.24, 2.45) is 5.92 Å². The minimum Gasteiger partial charge on any atom is -0.358 e. The second-order valence-corrected chi connectivity index (χ2v) is 6.99. The summed E-state index contributed by atoms with van der Waals surface area (Å²) in [6, 6.07) is 16.7. The lowest BCUT2D eigenvalue weighted by atomic mass is 9.85. The molecule has 25 heavy (non-hydrogen) atoms. The Morgan fingerprint density at radius 1 is 1.20 bits per heavy atom. The highest BCUT2D eigenvalue weighted by Gasteiger charge is 2.30. The molecule has 1 aliphatic carbocycles. The van der Waals surface area contributed by atoms with Crippen LogP contribution in [-0.2, 0) is 17.6 Å². The van der Waals surface area contributed by atoms with Gasteiger partial charge in [0, 0.05) is 34.7 Å². The van der Waals surface area contributed by atoms with Crippen LogP contribution in [0.5, 0.6) is 0 Å². The van der Waals surface area contributed by atoms with E-state index in [9.17, 15) is 4.79 Å². The summed E-state index contributed by atoms with van der Waals surface area (Å²) in [5, 5.41) is 1.27. The molecular formula is C22H24N2O. The van der Waals surface area contributed by atoms with Crippen LogP contribution in [0.25, 0.3) is 10.9 Å². The third kappa shape index (κ3) is 2.84. The number of para-hydroxylation sites is 1. The van der Waals surface area contributed by atoms with Crippen molar-refractivity contribution in [3.05, 3.63) is 65.4 Å². The molecule has 1 N–H and O–H groups in total. The number of nitrogens with zero attached hydrogens (tertiary/aromatic N) is 1. The molecule has 3 heteroatoms. The highest BCUT2D eigenvalue weighted by atomic mass is 16.2. The first-order valence-electron chi connectivity index (χ1n) is 9.14. The Bertz CT molecular complexity index is 925. The molecule has 1 amide bonds. The highest BCUT2D eigenvalue weighted by Crippen LogP contribution is 2.33. The molecule has 3 aromatic rings. The van der Waals surface area contributed by atoms with E-state index in [1.165, 1.54) is 27.7 Å². The average molecular weight is 332 g/mol. The summed E-state index contributed by atoms with van der Waals surface area (Å²) in [5.74, 6) is 0.316. The van der Waals surface area contributed by atoms with Crippen LogP contribution in [-0.4, -0.2) is 17.4 Å². The molecule has 0 fully saturated rings. The molecule has 1 aliphatic rings. The van der Waals surface area contributed by atoms with Gasteiger partial charge in [-0.05, 0) is 62.4 Å². The lowest BCUT2D eigenvalue weighted by molar-refractivity contribution is -0.122. The van der Waals surface area contributed by atoms with Gasteiger partial charge in [-0.15, -0.1) is 0 Å². The number of hydrogen-bond donors (Lipinski definition) is 1. The molecule has 0 saturated carbocycles. The second-order valence-electron chi connectivity index (χ2n) is 6.99. The van der Waals surface area contributed by atoms with E-state index in [-0.39, 0.29) is 11.8 Å². The number of rotatable bonds is 3. The first kappa shape index (κ1) is 15.9. The Labute approximate surface area is 148 Å². The number of nitrogens with one attached hydrogen (secondary N) is 1. The van der Waals surface area contributed by atoms with E-state index in [0.29, 0.717) is 6.54 Å². The monoisotopic (exact) mass is 332 g/mol. The Kier molecular flexibility index (Phi) is 4.08. The molecule has 1 heterocycles. The van der Waals surface area contributed by atoms with Crippen LogP contribution in [0.15, 0.2) is 48.5 Å². The minimum atomic E-state index is 0.0622. The SMILES string of the molecule is CCN(C(=O)C1CCc2[nH]c3ccccc3c2C1)c1cccc(C)c1. The summed E-state index contributed by atoms with van der Waals surface area (Å²) in [5.41, 5.74) is 6.03. The maximum Gasteiger partial charge on any atom is 0.230 e. The van der Waals surface area contributed by atoms with Gasteiger partial charge in [-0.3, -0.25) is 4.79 Å². The van der Waals surface area contributed by atoms with Crippen molar-refractivity contribution in [2.75, 3.05) is 11.4 Å². The van der Waals surface area contributed by atoms with E-state index in [1.807, 2.05) is 17.0 Å². The lowest BCUT2D eigenvalue weighted by Crippen LogP contribution is -2.38. The van der Waals surface area contributed by atoms with Gasteiger partial charge < -0.3 is 9.88 Å². The number of carbonyl (C=O) groups is 1. The Morgan fingerprint density at radius 2 is 2.04 bits per heavy atom. The van der Waals surface area contributed by atoms with Gasteiger partial charge >= 0.3 is 0 Å². The van der Waals surface area contributed by atoms with Crippen LogP contribution >= 0.6 is 0 Å². The lowest BCUT2D eigenvalue weighted by Gasteiger charge is -2.29. The molecule has 2 aromatic carbocycles. The van der Waals surface area contributed by atoms with E-state index in [0.717, 1.165) is 24.9 Å². The summed E-state index contributed by atoms with van der Waals surface area (Å²) in [6.07, 6.45) is 2.70. The van der Waals surface area contributed by atoms with Crippen molar-refractivity contribution in [3.63, 3.8) is 0 Å². The molecule has 1 aromatic heterocycles. The minimum absolute atomic E-state index is 0.0622. The number of aryl methyl sites for hydroxylation is 2. The number of benzene rings is 2. The zero-order valence-electron chi connectivity index (χ0n) is 14.9. The number of anilines is 1. The molecule has 0 spiro atoms. The normalized spacial score (nSPS) is 16.6. The van der Waals surface area contributed by atoms with Crippen LogP contribution in [0.4, 0.5) is 5.69 Å². The van der Waals surface area contributed by atoms with E-state index in [1.54, 1.807) is 0 Å². The molecule has 0 radical (unpaired) electrons. The van der Waals surface area contributed by atoms with Gasteiger partial charge in [0.1, 0.15) is 0 Å². The first-order chi connectivity index (χ1) is 12.2. The zero-order chi connectivity index (χ0) is 17.4. The molecule has 1 unspecified atom stereocenters. The fourth-order valence-corrected chi connectivity index (χ4v) is 4.06. The Hall–Kier alpha value is -2.55. The third-order valence-corrected chi connectivity index (χ3v) is 5.34. The Morgan fingerprint density at radius 3 is 2.84 bits per heavy atom. The van der Waals surface area contributed by atoms with Crippen molar-refractivity contribution in [2.45, 2.75) is 33.1 Å². The summed E-state index contributed by atoms with van der Waals surface area (Å²) >= 11 is 0. The molecule has 1 atom stereocenters. The number of amides is 1. The van der Waals surface area contributed by atoms with Crippen LogP contribution in [0.3, 0.4) is 0 Å². The summed E-state index contributed by atoms with van der Waals surface area (Å²) in [4.78, 5) is 18.7. The van der Waals surface area contributed by atoms with E-state index in [4.69, 9.17) is 0 Å². The number of aromatic amines is 1. The van der Waals surface area contributed by atoms with Crippen LogP contribution in [0.1, 0.15) is 30.2 Å². The van der Waals surface area contributed by atoms with Crippen molar-refractivity contribution in [3.8, 4) is 0 Å². The molecule has 4 rings (SSSR count). The zero-order valence-corrected chi connectivity index (χ0v) is 14.9. The molecule has 0 saturated heterocycles. The van der Waals surface area contributed by atoms with Crippen molar-refractivity contribution in [1.29, 1.82) is 0 Å².